The average molecular weight is 715 g/mol. The van der Waals surface area contributed by atoms with Crippen LogP contribution in [0.15, 0.2) is 114 Å². The van der Waals surface area contributed by atoms with Gasteiger partial charge in [-0.15, -0.1) is 5.10 Å². The molecule has 0 bridgehead atoms. The summed E-state index contributed by atoms with van der Waals surface area (Å²) in [5, 5.41) is 22.8. The van der Waals surface area contributed by atoms with Gasteiger partial charge in [-0.25, -0.2) is 4.68 Å². The van der Waals surface area contributed by atoms with E-state index in [1.807, 2.05) is 123 Å². The second-order valence-electron chi connectivity index (χ2n) is 14.6. The van der Waals surface area contributed by atoms with Crippen LogP contribution < -0.4 is 10.5 Å². The number of fused-ring (bicyclic) bond motifs is 3. The molecule has 0 radical (unpaired) electrons. The number of amides is 1. The van der Waals surface area contributed by atoms with Gasteiger partial charge in [0.1, 0.15) is 0 Å². The predicted molar refractivity (Wildman–Crippen MR) is 201 cm³/mol. The Kier molecular flexibility index (Phi) is 8.57. The molecular formula is C40H42N6O5Si. The molecule has 0 saturated carbocycles. The van der Waals surface area contributed by atoms with E-state index in [0.29, 0.717) is 47.4 Å². The van der Waals surface area contributed by atoms with Crippen molar-refractivity contribution in [2.75, 3.05) is 11.5 Å². The largest absolute Gasteiger partial charge is 0.432 e. The number of aromatic nitrogens is 5. The van der Waals surface area contributed by atoms with Crippen LogP contribution in [-0.4, -0.2) is 61.6 Å². The first-order valence-corrected chi connectivity index (χ1v) is 20.8. The third-order valence-corrected chi connectivity index (χ3v) is 13.4. The van der Waals surface area contributed by atoms with Crippen molar-refractivity contribution in [2.45, 2.75) is 62.7 Å². The Balaban J connectivity index is 1.17. The molecule has 11 nitrogen and oxygen atoms in total. The lowest BCUT2D eigenvalue weighted by atomic mass is 9.82. The molecule has 1 unspecified atom stereocenters. The highest BCUT2D eigenvalue weighted by Gasteiger charge is 2.66. The fraction of sp³-hybridized carbons (Fsp3) is 0.300. The maximum absolute atomic E-state index is 15.0. The lowest BCUT2D eigenvalue weighted by Crippen LogP contribution is -2.46. The van der Waals surface area contributed by atoms with Gasteiger partial charge in [0.2, 0.25) is 0 Å². The maximum atomic E-state index is 15.0. The number of aryl methyl sites for hydroxylation is 1. The Morgan fingerprint density at radius 3 is 2.38 bits per heavy atom. The number of aliphatic hydroxyl groups excluding tert-OH is 1. The fourth-order valence-electron chi connectivity index (χ4n) is 8.53. The maximum Gasteiger partial charge on any atom is 0.279 e. The standard InChI is InChI=1S/C40H42N6O5Si/c1-26-37(52(2,3)50)36(20-21-44-24-34(41-43-44)31(25-47)28-14-8-5-9-15-28)51-40(26)32-22-29(46-38(48)30-16-10-11-17-33(30)42-46)18-19-35(32)45(39(40)49)23-27-12-6-4-7-13-27/h4-19,22,24,26,31,36-37,42,47,50H,20-21,23,25H2,1-3H3/t26-,31?,36+,37-,40+/m0/s1. The number of anilines is 1. The van der Waals surface area contributed by atoms with E-state index in [0.717, 1.165) is 16.8 Å². The zero-order valence-electron chi connectivity index (χ0n) is 29.4. The van der Waals surface area contributed by atoms with Crippen molar-refractivity contribution in [3.05, 3.63) is 142 Å². The van der Waals surface area contributed by atoms with Gasteiger partial charge >= 0.3 is 0 Å². The van der Waals surface area contributed by atoms with E-state index in [9.17, 15) is 14.7 Å². The van der Waals surface area contributed by atoms with Gasteiger partial charge in [-0.3, -0.25) is 19.4 Å². The summed E-state index contributed by atoms with van der Waals surface area (Å²) >= 11 is 0. The van der Waals surface area contributed by atoms with Gasteiger partial charge < -0.3 is 19.5 Å². The molecule has 1 amide bonds. The number of carbonyl (C=O) groups is 1. The topological polar surface area (TPSA) is 138 Å². The van der Waals surface area contributed by atoms with Crippen LogP contribution in [0, 0.1) is 5.92 Å². The number of aliphatic hydroxyl groups is 1. The van der Waals surface area contributed by atoms with Gasteiger partial charge in [0.15, 0.2) is 13.9 Å². The van der Waals surface area contributed by atoms with Crippen LogP contribution in [0.2, 0.25) is 18.6 Å². The minimum Gasteiger partial charge on any atom is -0.432 e. The second-order valence-corrected chi connectivity index (χ2v) is 18.6. The van der Waals surface area contributed by atoms with Crippen LogP contribution in [0.4, 0.5) is 5.69 Å². The molecule has 1 fully saturated rings. The molecule has 266 valence electrons. The lowest BCUT2D eigenvalue weighted by molar-refractivity contribution is -0.146. The lowest BCUT2D eigenvalue weighted by Gasteiger charge is -2.32. The number of rotatable bonds is 10. The normalized spacial score (nSPS) is 22.1. The van der Waals surface area contributed by atoms with E-state index in [1.54, 1.807) is 15.6 Å². The molecule has 5 atom stereocenters. The van der Waals surface area contributed by atoms with Crippen molar-refractivity contribution >= 4 is 30.8 Å². The number of H-pyrrole nitrogens is 1. The zero-order valence-corrected chi connectivity index (χ0v) is 30.4. The Morgan fingerprint density at radius 1 is 0.962 bits per heavy atom. The van der Waals surface area contributed by atoms with Gasteiger partial charge in [0.05, 0.1) is 53.1 Å². The van der Waals surface area contributed by atoms with Gasteiger partial charge in [0, 0.05) is 29.8 Å². The van der Waals surface area contributed by atoms with E-state index in [-0.39, 0.29) is 35.5 Å². The van der Waals surface area contributed by atoms with Crippen LogP contribution in [0.3, 0.4) is 0 Å². The number of benzene rings is 4. The minimum atomic E-state index is -2.94. The molecule has 6 aromatic rings. The summed E-state index contributed by atoms with van der Waals surface area (Å²) in [7, 11) is -2.94. The Labute approximate surface area is 302 Å². The predicted octanol–water partition coefficient (Wildman–Crippen LogP) is 5.47. The molecule has 1 spiro atoms. The van der Waals surface area contributed by atoms with Crippen molar-refractivity contribution in [2.24, 2.45) is 5.92 Å². The van der Waals surface area contributed by atoms with E-state index in [4.69, 9.17) is 4.74 Å². The number of ether oxygens (including phenoxy) is 1. The van der Waals surface area contributed by atoms with Gasteiger partial charge in [-0.05, 0) is 61.0 Å². The molecule has 1 saturated heterocycles. The molecule has 3 N–H and O–H groups in total. The van der Waals surface area contributed by atoms with E-state index in [1.165, 1.54) is 4.68 Å². The van der Waals surface area contributed by atoms with Crippen molar-refractivity contribution in [1.29, 1.82) is 0 Å². The van der Waals surface area contributed by atoms with Crippen LogP contribution in [0.5, 0.6) is 0 Å². The summed E-state index contributed by atoms with van der Waals surface area (Å²) in [4.78, 5) is 42.2. The molecule has 12 heteroatoms. The quantitative estimate of drug-likeness (QED) is 0.160. The van der Waals surface area contributed by atoms with Crippen molar-refractivity contribution in [3.8, 4) is 5.69 Å². The van der Waals surface area contributed by atoms with E-state index in [2.05, 4.69) is 15.4 Å². The van der Waals surface area contributed by atoms with Crippen molar-refractivity contribution in [1.82, 2.24) is 24.8 Å². The van der Waals surface area contributed by atoms with Crippen LogP contribution in [-0.2, 0) is 28.2 Å². The third kappa shape index (κ3) is 5.62. The second kappa shape index (κ2) is 13.1. The van der Waals surface area contributed by atoms with Crippen molar-refractivity contribution in [3.63, 3.8) is 0 Å². The minimum absolute atomic E-state index is 0.103. The highest BCUT2D eigenvalue weighted by Crippen LogP contribution is 2.60. The number of carbonyl (C=O) groups excluding carboxylic acids is 1. The van der Waals surface area contributed by atoms with E-state index >= 15 is 4.79 Å². The molecule has 52 heavy (non-hydrogen) atoms. The van der Waals surface area contributed by atoms with E-state index < -0.39 is 20.0 Å². The molecule has 2 aliphatic rings. The Hall–Kier alpha value is -5.14. The first-order chi connectivity index (χ1) is 25.1. The highest BCUT2D eigenvalue weighted by atomic mass is 28.4. The highest BCUT2D eigenvalue weighted by molar-refractivity contribution is 6.71. The van der Waals surface area contributed by atoms with Crippen LogP contribution >= 0.6 is 0 Å². The zero-order chi connectivity index (χ0) is 36.2. The van der Waals surface area contributed by atoms with Crippen LogP contribution in [0.25, 0.3) is 16.6 Å². The first kappa shape index (κ1) is 34.0. The number of hydrogen-bond acceptors (Lipinski definition) is 7. The molecule has 4 heterocycles. The van der Waals surface area contributed by atoms with Crippen LogP contribution in [0.1, 0.15) is 41.6 Å². The van der Waals surface area contributed by atoms with Gasteiger partial charge in [-0.1, -0.05) is 84.9 Å². The van der Waals surface area contributed by atoms with Crippen molar-refractivity contribution < 1.29 is 19.4 Å². The van der Waals surface area contributed by atoms with Gasteiger partial charge in [0.25, 0.3) is 11.5 Å². The number of aromatic amines is 1. The first-order valence-electron chi connectivity index (χ1n) is 17.8. The van der Waals surface area contributed by atoms with Gasteiger partial charge in [-0.2, -0.15) is 0 Å². The molecule has 0 aliphatic carbocycles. The summed E-state index contributed by atoms with van der Waals surface area (Å²) in [5.41, 5.74) is 3.45. The average Bonchev–Trinajstić information content (AvgIpc) is 3.89. The molecular weight excluding hydrogens is 673 g/mol. The summed E-state index contributed by atoms with van der Waals surface area (Å²) in [5.74, 6) is -0.865. The SMILES string of the molecule is C[C@H]1[C@H]([Si](C)(C)O)[C@@H](CCn2cc(C(CO)c3ccccc3)nn2)O[C@]12C(=O)N(Cc1ccccc1)c1ccc(-n3[nH]c4ccccc4c3=O)cc12. The summed E-state index contributed by atoms with van der Waals surface area (Å²) in [6.07, 6.45) is 1.86. The summed E-state index contributed by atoms with van der Waals surface area (Å²) in [6.45, 7) is 6.52. The number of nitrogens with zero attached hydrogens (tertiary/aromatic N) is 5. The fourth-order valence-corrected chi connectivity index (χ4v) is 11.1. The molecule has 2 aromatic heterocycles. The molecule has 8 rings (SSSR count). The number of para-hydroxylation sites is 1. The Bertz CT molecular complexity index is 2300. The number of hydrogen-bond donors (Lipinski definition) is 3. The summed E-state index contributed by atoms with van der Waals surface area (Å²) in [6, 6.07) is 32.6. The summed E-state index contributed by atoms with van der Waals surface area (Å²) < 4.78 is 10.4. The third-order valence-electron chi connectivity index (χ3n) is 10.9. The molecule has 4 aromatic carbocycles. The Morgan fingerprint density at radius 2 is 1.67 bits per heavy atom. The molecule has 2 aliphatic heterocycles. The monoisotopic (exact) mass is 714 g/mol. The number of nitrogens with one attached hydrogen (secondary N) is 1. The smallest absolute Gasteiger partial charge is 0.279 e.